The summed E-state index contributed by atoms with van der Waals surface area (Å²) in [5, 5.41) is 13.0. The predicted octanol–water partition coefficient (Wildman–Crippen LogP) is 1.71. The predicted molar refractivity (Wildman–Crippen MR) is 80.0 cm³/mol. The van der Waals surface area contributed by atoms with E-state index in [9.17, 15) is 9.90 Å². The average molecular weight is 272 g/mol. The van der Waals surface area contributed by atoms with Crippen LogP contribution in [0, 0.1) is 10.8 Å². The van der Waals surface area contributed by atoms with Crippen molar-refractivity contribution in [1.29, 1.82) is 0 Å². The molecule has 0 aliphatic rings. The molecule has 0 spiro atoms. The van der Waals surface area contributed by atoms with Crippen molar-refractivity contribution in [2.75, 3.05) is 19.6 Å². The molecule has 0 saturated heterocycles. The second kappa shape index (κ2) is 7.98. The van der Waals surface area contributed by atoms with Crippen LogP contribution in [-0.4, -0.2) is 36.6 Å². The van der Waals surface area contributed by atoms with Crippen molar-refractivity contribution in [2.24, 2.45) is 16.6 Å². The van der Waals surface area contributed by atoms with Gasteiger partial charge in [-0.15, -0.1) is 0 Å². The zero-order valence-electron chi connectivity index (χ0n) is 13.3. The zero-order valence-corrected chi connectivity index (χ0v) is 13.3. The van der Waals surface area contributed by atoms with E-state index in [4.69, 9.17) is 5.73 Å². The number of ketones is 1. The Morgan fingerprint density at radius 2 is 1.84 bits per heavy atom. The van der Waals surface area contributed by atoms with Gasteiger partial charge < -0.3 is 16.2 Å². The molecule has 114 valence electrons. The Kier molecular flexibility index (Phi) is 7.79. The van der Waals surface area contributed by atoms with Gasteiger partial charge in [-0.3, -0.25) is 4.79 Å². The second-order valence-electron chi connectivity index (χ2n) is 7.09. The Bertz CT molecular complexity index is 275. The Morgan fingerprint density at radius 1 is 1.26 bits per heavy atom. The van der Waals surface area contributed by atoms with Gasteiger partial charge in [-0.2, -0.15) is 0 Å². The van der Waals surface area contributed by atoms with Gasteiger partial charge in [0.15, 0.2) is 0 Å². The molecule has 4 heteroatoms. The highest BCUT2D eigenvalue weighted by Crippen LogP contribution is 2.32. The van der Waals surface area contributed by atoms with Crippen LogP contribution in [0.4, 0.5) is 0 Å². The number of rotatable bonds is 10. The fourth-order valence-electron chi connectivity index (χ4n) is 2.49. The molecule has 4 N–H and O–H groups in total. The molecular weight excluding hydrogens is 240 g/mol. The van der Waals surface area contributed by atoms with Gasteiger partial charge in [0, 0.05) is 25.9 Å². The molecule has 0 aromatic carbocycles. The fourth-order valence-corrected chi connectivity index (χ4v) is 2.49. The maximum absolute atomic E-state index is 11.2. The summed E-state index contributed by atoms with van der Waals surface area (Å²) < 4.78 is 0. The van der Waals surface area contributed by atoms with Crippen LogP contribution < -0.4 is 11.1 Å². The lowest BCUT2D eigenvalue weighted by Crippen LogP contribution is -2.39. The van der Waals surface area contributed by atoms with Gasteiger partial charge in [-0.05, 0) is 23.8 Å². The van der Waals surface area contributed by atoms with Gasteiger partial charge in [0.25, 0.3) is 0 Å². The molecular formula is C15H32N2O2. The van der Waals surface area contributed by atoms with Crippen molar-refractivity contribution >= 4 is 5.78 Å². The van der Waals surface area contributed by atoms with E-state index < -0.39 is 6.10 Å². The third-order valence-corrected chi connectivity index (χ3v) is 3.35. The first kappa shape index (κ1) is 18.6. The Hall–Kier alpha value is -0.450. The van der Waals surface area contributed by atoms with E-state index in [0.29, 0.717) is 19.5 Å². The normalized spacial score (nSPS) is 14.5. The maximum atomic E-state index is 11.2. The Labute approximate surface area is 118 Å². The van der Waals surface area contributed by atoms with Crippen LogP contribution in [0.5, 0.6) is 0 Å². The molecule has 0 saturated carbocycles. The van der Waals surface area contributed by atoms with E-state index in [-0.39, 0.29) is 23.0 Å². The number of aliphatic hydroxyl groups is 1. The number of carbonyl (C=O) groups excluding carboxylic acids is 1. The summed E-state index contributed by atoms with van der Waals surface area (Å²) in [7, 11) is 0. The average Bonchev–Trinajstić information content (AvgIpc) is 2.27. The van der Waals surface area contributed by atoms with E-state index in [1.807, 2.05) is 6.92 Å². The molecule has 0 aromatic rings. The van der Waals surface area contributed by atoms with Crippen molar-refractivity contribution < 1.29 is 9.90 Å². The lowest BCUT2D eigenvalue weighted by atomic mass is 9.75. The molecule has 0 heterocycles. The highest BCUT2D eigenvalue weighted by molar-refractivity contribution is 5.78. The molecule has 0 bridgehead atoms. The highest BCUT2D eigenvalue weighted by atomic mass is 16.3. The number of hydrogen-bond donors (Lipinski definition) is 3. The van der Waals surface area contributed by atoms with Crippen molar-refractivity contribution in [3.63, 3.8) is 0 Å². The summed E-state index contributed by atoms with van der Waals surface area (Å²) in [6.45, 7) is 12.5. The number of Topliss-reactive ketones (excluding diaryl/α,β-unsaturated/α-hetero) is 1. The van der Waals surface area contributed by atoms with E-state index in [0.717, 1.165) is 13.0 Å². The maximum Gasteiger partial charge on any atom is 0.135 e. The molecule has 4 nitrogen and oxygen atoms in total. The van der Waals surface area contributed by atoms with Crippen LogP contribution in [0.25, 0.3) is 0 Å². The van der Waals surface area contributed by atoms with Gasteiger partial charge in [0.2, 0.25) is 0 Å². The number of aliphatic hydroxyl groups excluding tert-OH is 1. The van der Waals surface area contributed by atoms with Crippen molar-refractivity contribution in [3.8, 4) is 0 Å². The number of nitrogens with one attached hydrogen (secondary N) is 1. The monoisotopic (exact) mass is 272 g/mol. The molecule has 0 aliphatic heterocycles. The number of hydrogen-bond acceptors (Lipinski definition) is 4. The largest absolute Gasteiger partial charge is 0.391 e. The van der Waals surface area contributed by atoms with Gasteiger partial charge in [0.1, 0.15) is 5.78 Å². The van der Waals surface area contributed by atoms with E-state index in [2.05, 4.69) is 33.0 Å². The van der Waals surface area contributed by atoms with E-state index in [1.54, 1.807) is 0 Å². The summed E-state index contributed by atoms with van der Waals surface area (Å²) in [4.78, 5) is 11.2. The zero-order chi connectivity index (χ0) is 15.1. The topological polar surface area (TPSA) is 75.3 Å². The number of carbonyl (C=O) groups is 1. The summed E-state index contributed by atoms with van der Waals surface area (Å²) in [5.74, 6) is 0.109. The molecule has 19 heavy (non-hydrogen) atoms. The molecule has 0 radical (unpaired) electrons. The second-order valence-corrected chi connectivity index (χ2v) is 7.09. The minimum absolute atomic E-state index is 0.109. The molecule has 0 amide bonds. The molecule has 1 unspecified atom stereocenters. The SMILES string of the molecule is CCC(=O)CC(O)CNCC(C)(C)CC(C)(C)CN. The van der Waals surface area contributed by atoms with E-state index >= 15 is 0 Å². The standard InChI is InChI=1S/C15H32N2O2/c1-6-12(18)7-13(19)8-17-11-15(4,5)9-14(2,3)10-16/h13,17,19H,6-11,16H2,1-5H3. The molecule has 1 atom stereocenters. The van der Waals surface area contributed by atoms with Gasteiger partial charge >= 0.3 is 0 Å². The Balaban J connectivity index is 4.01. The van der Waals surface area contributed by atoms with Crippen molar-refractivity contribution in [2.45, 2.75) is 60.0 Å². The molecule has 0 fully saturated rings. The van der Waals surface area contributed by atoms with Crippen molar-refractivity contribution in [1.82, 2.24) is 5.32 Å². The van der Waals surface area contributed by atoms with Gasteiger partial charge in [0.05, 0.1) is 6.10 Å². The number of nitrogens with two attached hydrogens (primary N) is 1. The summed E-state index contributed by atoms with van der Waals surface area (Å²) in [6.07, 6.45) is 1.18. The first-order valence-corrected chi connectivity index (χ1v) is 7.22. The Morgan fingerprint density at radius 3 is 2.32 bits per heavy atom. The third kappa shape index (κ3) is 9.14. The minimum Gasteiger partial charge on any atom is -0.391 e. The quantitative estimate of drug-likeness (QED) is 0.566. The van der Waals surface area contributed by atoms with Gasteiger partial charge in [-0.1, -0.05) is 34.6 Å². The molecule has 0 aliphatic carbocycles. The lowest BCUT2D eigenvalue weighted by molar-refractivity contribution is -0.120. The van der Waals surface area contributed by atoms with Crippen LogP contribution in [0.2, 0.25) is 0 Å². The van der Waals surface area contributed by atoms with Crippen LogP contribution in [0.15, 0.2) is 0 Å². The van der Waals surface area contributed by atoms with Crippen LogP contribution in [0.1, 0.15) is 53.9 Å². The fraction of sp³-hybridized carbons (Fsp3) is 0.933. The first-order chi connectivity index (χ1) is 8.62. The third-order valence-electron chi connectivity index (χ3n) is 3.35. The smallest absolute Gasteiger partial charge is 0.135 e. The molecule has 0 rings (SSSR count). The van der Waals surface area contributed by atoms with Crippen LogP contribution >= 0.6 is 0 Å². The van der Waals surface area contributed by atoms with Gasteiger partial charge in [-0.25, -0.2) is 0 Å². The van der Waals surface area contributed by atoms with Crippen LogP contribution in [0.3, 0.4) is 0 Å². The van der Waals surface area contributed by atoms with E-state index in [1.165, 1.54) is 0 Å². The highest BCUT2D eigenvalue weighted by Gasteiger charge is 2.27. The molecule has 0 aromatic heterocycles. The summed E-state index contributed by atoms with van der Waals surface area (Å²) >= 11 is 0. The lowest BCUT2D eigenvalue weighted by Gasteiger charge is -2.34. The summed E-state index contributed by atoms with van der Waals surface area (Å²) in [6, 6.07) is 0. The minimum atomic E-state index is -0.578. The first-order valence-electron chi connectivity index (χ1n) is 7.22. The van der Waals surface area contributed by atoms with Crippen LogP contribution in [-0.2, 0) is 4.79 Å². The summed E-state index contributed by atoms with van der Waals surface area (Å²) in [5.41, 5.74) is 6.01. The van der Waals surface area contributed by atoms with Crippen molar-refractivity contribution in [3.05, 3.63) is 0 Å².